The summed E-state index contributed by atoms with van der Waals surface area (Å²) in [5.41, 5.74) is 9.07. The van der Waals surface area contributed by atoms with Crippen LogP contribution in [0.3, 0.4) is 0 Å². The number of hydrogen-bond donors (Lipinski definition) is 4. The molecule has 0 bridgehead atoms. The van der Waals surface area contributed by atoms with E-state index in [2.05, 4.69) is 47.0 Å². The maximum absolute atomic E-state index is 13.5. The van der Waals surface area contributed by atoms with Gasteiger partial charge < -0.3 is 20.9 Å². The molecule has 2 atom stereocenters. The van der Waals surface area contributed by atoms with Gasteiger partial charge in [-0.25, -0.2) is 9.18 Å². The molecule has 224 valence electrons. The molecule has 4 aromatic carbocycles. The SMILES string of the molecule is COc1ccc(C(NCCCCC(NC(=O)C(N)Cc2cccc(F)c2)C(=O)O)(c2ccccc2)c2ccccc2)cc1. The van der Waals surface area contributed by atoms with Gasteiger partial charge in [0.2, 0.25) is 5.91 Å². The molecule has 0 heterocycles. The molecule has 0 fully saturated rings. The Bertz CT molecular complexity index is 1430. The molecule has 4 rings (SSSR count). The molecule has 0 saturated carbocycles. The first kappa shape index (κ1) is 31.4. The number of hydrogen-bond acceptors (Lipinski definition) is 5. The van der Waals surface area contributed by atoms with Crippen LogP contribution in [0.15, 0.2) is 109 Å². The Morgan fingerprint density at radius 2 is 1.47 bits per heavy atom. The van der Waals surface area contributed by atoms with E-state index in [1.165, 1.54) is 12.1 Å². The second kappa shape index (κ2) is 15.1. The van der Waals surface area contributed by atoms with Gasteiger partial charge in [0.15, 0.2) is 0 Å². The van der Waals surface area contributed by atoms with Crippen molar-refractivity contribution in [3.8, 4) is 5.75 Å². The number of halogens is 1. The van der Waals surface area contributed by atoms with Gasteiger partial charge >= 0.3 is 5.97 Å². The summed E-state index contributed by atoms with van der Waals surface area (Å²) in [7, 11) is 1.64. The molecule has 0 aromatic heterocycles. The average Bonchev–Trinajstić information content (AvgIpc) is 3.03. The number of benzene rings is 4. The molecule has 43 heavy (non-hydrogen) atoms. The highest BCUT2D eigenvalue weighted by Gasteiger charge is 2.35. The number of nitrogens with one attached hydrogen (secondary N) is 2. The lowest BCUT2D eigenvalue weighted by atomic mass is 9.77. The van der Waals surface area contributed by atoms with Crippen molar-refractivity contribution >= 4 is 11.9 Å². The number of carbonyl (C=O) groups excluding carboxylic acids is 1. The molecule has 0 aliphatic heterocycles. The van der Waals surface area contributed by atoms with Crippen LogP contribution < -0.4 is 21.1 Å². The molecule has 1 amide bonds. The molecule has 0 radical (unpaired) electrons. The largest absolute Gasteiger partial charge is 0.497 e. The molecule has 8 heteroatoms. The van der Waals surface area contributed by atoms with Gasteiger partial charge in [0.1, 0.15) is 17.6 Å². The Balaban J connectivity index is 1.44. The first-order valence-electron chi connectivity index (χ1n) is 14.4. The maximum Gasteiger partial charge on any atom is 0.326 e. The number of methoxy groups -OCH3 is 1. The average molecular weight is 584 g/mol. The number of unbranched alkanes of at least 4 members (excludes halogenated alkanes) is 1. The van der Waals surface area contributed by atoms with E-state index >= 15 is 0 Å². The molecule has 2 unspecified atom stereocenters. The number of carboxylic acid groups (broad SMARTS) is 1. The van der Waals surface area contributed by atoms with E-state index < -0.39 is 35.3 Å². The van der Waals surface area contributed by atoms with E-state index in [0.717, 1.165) is 22.4 Å². The summed E-state index contributed by atoms with van der Waals surface area (Å²) in [6, 6.07) is 32.1. The number of aliphatic carboxylic acids is 1. The lowest BCUT2D eigenvalue weighted by Gasteiger charge is -2.37. The standard InChI is InChI=1S/C35H38FN3O4/c1-43-30-20-18-28(19-21-30)35(26-12-4-2-5-13-26,27-14-6-3-7-15-27)38-22-9-8-17-32(34(41)42)39-33(40)31(37)24-25-11-10-16-29(36)23-25/h2-7,10-16,18-21,23,31-32,38H,8-9,17,22,24,37H2,1H3,(H,39,40)(H,41,42). The van der Waals surface area contributed by atoms with E-state index in [1.54, 1.807) is 19.2 Å². The number of rotatable bonds is 15. The second-order valence-electron chi connectivity index (χ2n) is 10.5. The number of carboxylic acids is 1. The van der Waals surface area contributed by atoms with Crippen LogP contribution in [0.25, 0.3) is 0 Å². The van der Waals surface area contributed by atoms with Crippen LogP contribution in [0.5, 0.6) is 5.75 Å². The van der Waals surface area contributed by atoms with Gasteiger partial charge in [-0.05, 0) is 78.7 Å². The summed E-state index contributed by atoms with van der Waals surface area (Å²) in [5.74, 6) is -1.37. The van der Waals surface area contributed by atoms with Gasteiger partial charge in [0.25, 0.3) is 0 Å². The van der Waals surface area contributed by atoms with Crippen LogP contribution in [0, 0.1) is 5.82 Å². The summed E-state index contributed by atoms with van der Waals surface area (Å²) >= 11 is 0. The van der Waals surface area contributed by atoms with Crippen molar-refractivity contribution in [3.63, 3.8) is 0 Å². The summed E-state index contributed by atoms with van der Waals surface area (Å²) in [6.07, 6.45) is 1.55. The monoisotopic (exact) mass is 583 g/mol. The Morgan fingerprint density at radius 3 is 2.02 bits per heavy atom. The minimum Gasteiger partial charge on any atom is -0.497 e. The fraction of sp³-hybridized carbons (Fsp3) is 0.257. The summed E-state index contributed by atoms with van der Waals surface area (Å²) in [4.78, 5) is 24.6. The number of amides is 1. The predicted octanol–water partition coefficient (Wildman–Crippen LogP) is 5.03. The van der Waals surface area contributed by atoms with Crippen molar-refractivity contribution < 1.29 is 23.8 Å². The number of nitrogens with two attached hydrogens (primary N) is 1. The van der Waals surface area contributed by atoms with Crippen LogP contribution in [0.2, 0.25) is 0 Å². The van der Waals surface area contributed by atoms with E-state index in [4.69, 9.17) is 10.5 Å². The number of ether oxygens (including phenoxy) is 1. The smallest absolute Gasteiger partial charge is 0.326 e. The van der Waals surface area contributed by atoms with Crippen molar-refractivity contribution in [2.45, 2.75) is 43.3 Å². The third-order valence-corrected chi connectivity index (χ3v) is 7.54. The first-order chi connectivity index (χ1) is 20.8. The van der Waals surface area contributed by atoms with Crippen molar-refractivity contribution in [1.29, 1.82) is 0 Å². The van der Waals surface area contributed by atoms with Crippen LogP contribution in [-0.2, 0) is 21.5 Å². The van der Waals surface area contributed by atoms with Crippen molar-refractivity contribution in [2.24, 2.45) is 5.73 Å². The van der Waals surface area contributed by atoms with E-state index in [9.17, 15) is 19.1 Å². The highest BCUT2D eigenvalue weighted by molar-refractivity contribution is 5.87. The summed E-state index contributed by atoms with van der Waals surface area (Å²) in [6.45, 7) is 0.579. The van der Waals surface area contributed by atoms with Gasteiger partial charge in [0, 0.05) is 0 Å². The maximum atomic E-state index is 13.5. The molecular formula is C35H38FN3O4. The first-order valence-corrected chi connectivity index (χ1v) is 14.4. The molecule has 0 aliphatic carbocycles. The van der Waals surface area contributed by atoms with E-state index in [0.29, 0.717) is 24.9 Å². The third kappa shape index (κ3) is 8.06. The van der Waals surface area contributed by atoms with Crippen LogP contribution in [0.4, 0.5) is 4.39 Å². The topological polar surface area (TPSA) is 114 Å². The van der Waals surface area contributed by atoms with Gasteiger partial charge in [-0.2, -0.15) is 0 Å². The fourth-order valence-corrected chi connectivity index (χ4v) is 5.32. The van der Waals surface area contributed by atoms with Crippen molar-refractivity contribution in [1.82, 2.24) is 10.6 Å². The Kier molecular flexibility index (Phi) is 11.0. The zero-order valence-corrected chi connectivity index (χ0v) is 24.2. The van der Waals surface area contributed by atoms with Gasteiger partial charge in [-0.1, -0.05) is 84.9 Å². The molecular weight excluding hydrogens is 545 g/mol. The van der Waals surface area contributed by atoms with Crippen molar-refractivity contribution in [2.75, 3.05) is 13.7 Å². The van der Waals surface area contributed by atoms with Crippen LogP contribution >= 0.6 is 0 Å². The van der Waals surface area contributed by atoms with Crippen LogP contribution in [0.1, 0.15) is 41.5 Å². The second-order valence-corrected chi connectivity index (χ2v) is 10.5. The lowest BCUT2D eigenvalue weighted by Crippen LogP contribution is -2.49. The molecule has 7 nitrogen and oxygen atoms in total. The van der Waals surface area contributed by atoms with Gasteiger partial charge in [-0.3, -0.25) is 10.1 Å². The molecule has 5 N–H and O–H groups in total. The molecule has 4 aromatic rings. The summed E-state index contributed by atoms with van der Waals surface area (Å²) in [5, 5.41) is 16.1. The number of carbonyl (C=O) groups is 2. The molecule has 0 spiro atoms. The minimum absolute atomic E-state index is 0.103. The highest BCUT2D eigenvalue weighted by Crippen LogP contribution is 2.37. The molecule has 0 aliphatic rings. The third-order valence-electron chi connectivity index (χ3n) is 7.54. The Morgan fingerprint density at radius 1 is 0.860 bits per heavy atom. The lowest BCUT2D eigenvalue weighted by molar-refractivity contribution is -0.142. The quantitative estimate of drug-likeness (QED) is 0.115. The normalized spacial score (nSPS) is 12.7. The highest BCUT2D eigenvalue weighted by atomic mass is 19.1. The summed E-state index contributed by atoms with van der Waals surface area (Å²) < 4.78 is 18.9. The van der Waals surface area contributed by atoms with Crippen molar-refractivity contribution in [3.05, 3.63) is 137 Å². The fourth-order valence-electron chi connectivity index (χ4n) is 5.32. The zero-order chi connectivity index (χ0) is 30.7. The van der Waals surface area contributed by atoms with Gasteiger partial charge in [0.05, 0.1) is 18.7 Å². The predicted molar refractivity (Wildman–Crippen MR) is 165 cm³/mol. The van der Waals surface area contributed by atoms with Crippen LogP contribution in [-0.4, -0.2) is 42.7 Å². The van der Waals surface area contributed by atoms with E-state index in [-0.39, 0.29) is 12.8 Å². The zero-order valence-electron chi connectivity index (χ0n) is 24.2. The Hall–Kier alpha value is -4.53. The van der Waals surface area contributed by atoms with E-state index in [1.807, 2.05) is 48.5 Å². The minimum atomic E-state index is -1.12. The van der Waals surface area contributed by atoms with Gasteiger partial charge in [-0.15, -0.1) is 0 Å². The molecule has 0 saturated heterocycles. The Labute approximate surface area is 251 Å².